The fourth-order valence-electron chi connectivity index (χ4n) is 3.45. The largest absolute Gasteiger partial charge is 0.493 e. The Bertz CT molecular complexity index is 1130. The molecular formula is C23H21NO3. The molecule has 0 atom stereocenters. The summed E-state index contributed by atoms with van der Waals surface area (Å²) in [6, 6.07) is 18.6. The maximum Gasteiger partial charge on any atom is 0.203 e. The van der Waals surface area contributed by atoms with E-state index in [1.54, 1.807) is 21.3 Å². The van der Waals surface area contributed by atoms with Crippen molar-refractivity contribution < 1.29 is 14.2 Å². The van der Waals surface area contributed by atoms with Crippen LogP contribution in [0.3, 0.4) is 0 Å². The number of aromatic nitrogens is 1. The molecule has 136 valence electrons. The van der Waals surface area contributed by atoms with Crippen LogP contribution in [0.15, 0.2) is 67.4 Å². The highest BCUT2D eigenvalue weighted by atomic mass is 16.5. The predicted octanol–water partition coefficient (Wildman–Crippen LogP) is 5.18. The molecule has 4 rings (SSSR count). The van der Waals surface area contributed by atoms with Gasteiger partial charge in [-0.15, -0.1) is 0 Å². The molecule has 0 N–H and O–H groups in total. The van der Waals surface area contributed by atoms with Crippen LogP contribution in [0.5, 0.6) is 17.2 Å². The Labute approximate surface area is 158 Å². The second kappa shape index (κ2) is 6.72. The predicted molar refractivity (Wildman–Crippen MR) is 109 cm³/mol. The first kappa shape index (κ1) is 17.0. The van der Waals surface area contributed by atoms with Crippen LogP contribution in [0.25, 0.3) is 22.0 Å². The SMILES string of the molecule is C=C(c1cc(OC)c(OC)c(OC)c1)c1ccc2c(c1)cc1ccccn12. The third-order valence-electron chi connectivity index (χ3n) is 4.84. The van der Waals surface area contributed by atoms with Gasteiger partial charge in [0.25, 0.3) is 0 Å². The van der Waals surface area contributed by atoms with Gasteiger partial charge in [0.1, 0.15) is 0 Å². The molecule has 2 aromatic heterocycles. The molecule has 4 nitrogen and oxygen atoms in total. The van der Waals surface area contributed by atoms with Crippen LogP contribution in [0, 0.1) is 0 Å². The monoisotopic (exact) mass is 359 g/mol. The number of rotatable bonds is 5. The van der Waals surface area contributed by atoms with E-state index in [0.717, 1.165) is 16.7 Å². The van der Waals surface area contributed by atoms with Crippen LogP contribution in [0.4, 0.5) is 0 Å². The molecule has 0 bridgehead atoms. The summed E-state index contributed by atoms with van der Waals surface area (Å²) in [4.78, 5) is 0. The zero-order valence-electron chi connectivity index (χ0n) is 15.7. The van der Waals surface area contributed by atoms with Crippen molar-refractivity contribution in [1.82, 2.24) is 4.40 Å². The second-order valence-electron chi connectivity index (χ2n) is 6.31. The number of hydrogen-bond donors (Lipinski definition) is 0. The fraction of sp³-hybridized carbons (Fsp3) is 0.130. The molecule has 4 heteroatoms. The van der Waals surface area contributed by atoms with Gasteiger partial charge in [-0.3, -0.25) is 0 Å². The molecule has 2 heterocycles. The van der Waals surface area contributed by atoms with Gasteiger partial charge in [0, 0.05) is 17.1 Å². The van der Waals surface area contributed by atoms with E-state index in [4.69, 9.17) is 14.2 Å². The Kier molecular flexibility index (Phi) is 4.24. The van der Waals surface area contributed by atoms with Gasteiger partial charge < -0.3 is 18.6 Å². The summed E-state index contributed by atoms with van der Waals surface area (Å²) < 4.78 is 18.5. The summed E-state index contributed by atoms with van der Waals surface area (Å²) in [5.41, 5.74) is 5.21. The Morgan fingerprint density at radius 3 is 2.22 bits per heavy atom. The van der Waals surface area contributed by atoms with Crippen LogP contribution >= 0.6 is 0 Å². The molecule has 0 radical (unpaired) electrons. The molecule has 0 aliphatic rings. The number of hydrogen-bond acceptors (Lipinski definition) is 3. The lowest BCUT2D eigenvalue weighted by Crippen LogP contribution is -1.97. The number of nitrogens with zero attached hydrogens (tertiary/aromatic N) is 1. The number of fused-ring (bicyclic) bond motifs is 3. The van der Waals surface area contributed by atoms with Crippen LogP contribution < -0.4 is 14.2 Å². The molecule has 2 aromatic carbocycles. The van der Waals surface area contributed by atoms with Crippen molar-refractivity contribution in [1.29, 1.82) is 0 Å². The molecule has 0 aliphatic heterocycles. The number of pyridine rings is 1. The van der Waals surface area contributed by atoms with E-state index in [1.165, 1.54) is 16.4 Å². The van der Waals surface area contributed by atoms with Crippen molar-refractivity contribution >= 4 is 22.0 Å². The van der Waals surface area contributed by atoms with Gasteiger partial charge in [-0.05, 0) is 59.2 Å². The highest BCUT2D eigenvalue weighted by molar-refractivity contribution is 5.92. The number of ether oxygens (including phenoxy) is 3. The van der Waals surface area contributed by atoms with E-state index in [2.05, 4.69) is 47.5 Å². The lowest BCUT2D eigenvalue weighted by molar-refractivity contribution is 0.324. The zero-order valence-corrected chi connectivity index (χ0v) is 15.7. The summed E-state index contributed by atoms with van der Waals surface area (Å²) in [6.07, 6.45) is 2.07. The van der Waals surface area contributed by atoms with E-state index in [9.17, 15) is 0 Å². The minimum Gasteiger partial charge on any atom is -0.493 e. The van der Waals surface area contributed by atoms with Gasteiger partial charge in [-0.25, -0.2) is 0 Å². The quantitative estimate of drug-likeness (QED) is 0.492. The second-order valence-corrected chi connectivity index (χ2v) is 6.31. The molecule has 0 spiro atoms. The summed E-state index contributed by atoms with van der Waals surface area (Å²) >= 11 is 0. The Hall–Kier alpha value is -3.40. The summed E-state index contributed by atoms with van der Waals surface area (Å²) in [6.45, 7) is 4.30. The molecular weight excluding hydrogens is 338 g/mol. The molecule has 0 aliphatic carbocycles. The van der Waals surface area contributed by atoms with Crippen molar-refractivity contribution in [3.8, 4) is 17.2 Å². The lowest BCUT2D eigenvalue weighted by atomic mass is 9.97. The minimum atomic E-state index is 0.575. The van der Waals surface area contributed by atoms with Gasteiger partial charge in [-0.2, -0.15) is 0 Å². The third-order valence-corrected chi connectivity index (χ3v) is 4.84. The average molecular weight is 359 g/mol. The van der Waals surface area contributed by atoms with Gasteiger partial charge in [0.05, 0.1) is 26.8 Å². The average Bonchev–Trinajstić information content (AvgIpc) is 3.09. The van der Waals surface area contributed by atoms with Crippen LogP contribution in [0.1, 0.15) is 11.1 Å². The van der Waals surface area contributed by atoms with Crippen LogP contribution in [-0.4, -0.2) is 25.7 Å². The van der Waals surface area contributed by atoms with Gasteiger partial charge in [-0.1, -0.05) is 18.7 Å². The minimum absolute atomic E-state index is 0.575. The third kappa shape index (κ3) is 2.79. The summed E-state index contributed by atoms with van der Waals surface area (Å²) in [5.74, 6) is 1.80. The smallest absolute Gasteiger partial charge is 0.203 e. The molecule has 0 unspecified atom stereocenters. The standard InChI is InChI=1S/C23H21NO3/c1-15(17-13-21(25-2)23(27-4)22(14-17)26-3)16-8-9-20-18(11-16)12-19-7-5-6-10-24(19)20/h5-14H,1H2,2-4H3. The van der Waals surface area contributed by atoms with Crippen LogP contribution in [-0.2, 0) is 0 Å². The lowest BCUT2D eigenvalue weighted by Gasteiger charge is -2.15. The molecule has 0 amide bonds. The first-order chi connectivity index (χ1) is 13.2. The van der Waals surface area contributed by atoms with E-state index >= 15 is 0 Å². The topological polar surface area (TPSA) is 32.1 Å². The van der Waals surface area contributed by atoms with Gasteiger partial charge in [0.2, 0.25) is 5.75 Å². The van der Waals surface area contributed by atoms with Crippen molar-refractivity contribution in [3.63, 3.8) is 0 Å². The molecule has 4 aromatic rings. The normalized spacial score (nSPS) is 10.9. The fourth-order valence-corrected chi connectivity index (χ4v) is 3.45. The molecule has 0 fully saturated rings. The first-order valence-electron chi connectivity index (χ1n) is 8.65. The van der Waals surface area contributed by atoms with Crippen molar-refractivity contribution in [2.45, 2.75) is 0 Å². The van der Waals surface area contributed by atoms with E-state index < -0.39 is 0 Å². The summed E-state index contributed by atoms with van der Waals surface area (Å²) in [5, 5.41) is 1.17. The molecule has 0 saturated carbocycles. The zero-order chi connectivity index (χ0) is 19.0. The highest BCUT2D eigenvalue weighted by Gasteiger charge is 2.15. The Balaban J connectivity index is 1.81. The van der Waals surface area contributed by atoms with Gasteiger partial charge >= 0.3 is 0 Å². The van der Waals surface area contributed by atoms with Gasteiger partial charge in [0.15, 0.2) is 11.5 Å². The van der Waals surface area contributed by atoms with Crippen molar-refractivity contribution in [2.75, 3.05) is 21.3 Å². The van der Waals surface area contributed by atoms with E-state index in [-0.39, 0.29) is 0 Å². The van der Waals surface area contributed by atoms with Crippen LogP contribution in [0.2, 0.25) is 0 Å². The molecule has 0 saturated heterocycles. The summed E-state index contributed by atoms with van der Waals surface area (Å²) in [7, 11) is 4.83. The van der Waals surface area contributed by atoms with Crippen molar-refractivity contribution in [2.24, 2.45) is 0 Å². The number of benzene rings is 2. The Morgan fingerprint density at radius 1 is 0.815 bits per heavy atom. The Morgan fingerprint density at radius 2 is 1.56 bits per heavy atom. The first-order valence-corrected chi connectivity index (χ1v) is 8.65. The number of methoxy groups -OCH3 is 3. The maximum absolute atomic E-state index is 5.47. The van der Waals surface area contributed by atoms with E-state index in [1.807, 2.05) is 24.3 Å². The maximum atomic E-state index is 5.47. The highest BCUT2D eigenvalue weighted by Crippen LogP contribution is 2.41. The van der Waals surface area contributed by atoms with E-state index in [0.29, 0.717) is 17.2 Å². The molecule has 27 heavy (non-hydrogen) atoms. The van der Waals surface area contributed by atoms with Crippen molar-refractivity contribution in [3.05, 3.63) is 78.5 Å².